The van der Waals surface area contributed by atoms with Crippen LogP contribution in [0.3, 0.4) is 0 Å². The number of hydrogen-bond acceptors (Lipinski definition) is 4. The van der Waals surface area contributed by atoms with Crippen LogP contribution in [-0.4, -0.2) is 26.7 Å². The molecule has 0 heterocycles. The van der Waals surface area contributed by atoms with Gasteiger partial charge in [-0.05, 0) is 73.2 Å². The molecule has 0 aliphatic heterocycles. The van der Waals surface area contributed by atoms with Crippen LogP contribution in [-0.2, 0) is 21.4 Å². The van der Waals surface area contributed by atoms with Gasteiger partial charge in [-0.15, -0.1) is 0 Å². The predicted molar refractivity (Wildman–Crippen MR) is 126 cm³/mol. The number of amides is 1. The molecule has 0 atom stereocenters. The molecule has 3 rings (SSSR count). The second-order valence-electron chi connectivity index (χ2n) is 6.98. The number of halogens is 2. The number of benzene rings is 3. The zero-order valence-electron chi connectivity index (χ0n) is 17.1. The molecule has 0 aromatic heterocycles. The number of nitrogens with one attached hydrogen (secondary N) is 1. The molecule has 3 aromatic carbocycles. The standard InChI is InChI=1S/C23H20Cl2N2O4S/c1-16(28)18-5-9-21(10-6-18)27(32(30,31)22-11-7-19(24)8-12-22)15-23(29)26-14-17-3-2-4-20(25)13-17/h2-13H,14-15H2,1H3,(H,26,29). The van der Waals surface area contributed by atoms with Crippen molar-refractivity contribution in [3.8, 4) is 0 Å². The molecule has 32 heavy (non-hydrogen) atoms. The second kappa shape index (κ2) is 10.2. The number of ketones is 1. The molecule has 0 bridgehead atoms. The Kier molecular flexibility index (Phi) is 7.56. The van der Waals surface area contributed by atoms with Gasteiger partial charge in [0.15, 0.2) is 5.78 Å². The molecule has 1 amide bonds. The molecule has 1 N–H and O–H groups in total. The summed E-state index contributed by atoms with van der Waals surface area (Å²) in [5, 5.41) is 3.64. The normalized spacial score (nSPS) is 11.1. The highest BCUT2D eigenvalue weighted by Gasteiger charge is 2.27. The first-order chi connectivity index (χ1) is 15.2. The minimum absolute atomic E-state index is 0.0137. The number of hydrogen-bond donors (Lipinski definition) is 1. The van der Waals surface area contributed by atoms with E-state index in [0.717, 1.165) is 9.87 Å². The van der Waals surface area contributed by atoms with E-state index in [2.05, 4.69) is 5.32 Å². The lowest BCUT2D eigenvalue weighted by molar-refractivity contribution is -0.119. The number of nitrogens with zero attached hydrogens (tertiary/aromatic N) is 1. The van der Waals surface area contributed by atoms with Crippen molar-refractivity contribution in [1.29, 1.82) is 0 Å². The van der Waals surface area contributed by atoms with Crippen LogP contribution in [0, 0.1) is 0 Å². The van der Waals surface area contributed by atoms with Crippen molar-refractivity contribution >= 4 is 50.6 Å². The quantitative estimate of drug-likeness (QED) is 0.463. The van der Waals surface area contributed by atoms with Gasteiger partial charge in [0.1, 0.15) is 6.54 Å². The maximum atomic E-state index is 13.3. The lowest BCUT2D eigenvalue weighted by Crippen LogP contribution is -2.40. The van der Waals surface area contributed by atoms with Crippen molar-refractivity contribution in [1.82, 2.24) is 5.32 Å². The largest absolute Gasteiger partial charge is 0.350 e. The van der Waals surface area contributed by atoms with Crippen LogP contribution in [0.5, 0.6) is 0 Å². The Balaban J connectivity index is 1.88. The third kappa shape index (κ3) is 5.88. The minimum atomic E-state index is -4.08. The zero-order valence-corrected chi connectivity index (χ0v) is 19.4. The number of carbonyl (C=O) groups is 2. The van der Waals surface area contributed by atoms with Crippen LogP contribution in [0.25, 0.3) is 0 Å². The van der Waals surface area contributed by atoms with Crippen molar-refractivity contribution in [2.24, 2.45) is 0 Å². The molecule has 0 saturated carbocycles. The van der Waals surface area contributed by atoms with E-state index in [4.69, 9.17) is 23.2 Å². The Bertz CT molecular complexity index is 1230. The Morgan fingerprint density at radius 3 is 2.16 bits per heavy atom. The predicted octanol–water partition coefficient (Wildman–Crippen LogP) is 4.71. The average Bonchev–Trinajstić information content (AvgIpc) is 2.76. The zero-order chi connectivity index (χ0) is 23.3. The van der Waals surface area contributed by atoms with Gasteiger partial charge in [0.2, 0.25) is 5.91 Å². The van der Waals surface area contributed by atoms with E-state index in [1.54, 1.807) is 24.3 Å². The number of anilines is 1. The molecule has 0 spiro atoms. The molecule has 0 aliphatic carbocycles. The van der Waals surface area contributed by atoms with E-state index in [1.807, 2.05) is 0 Å². The van der Waals surface area contributed by atoms with Crippen molar-refractivity contribution in [3.05, 3.63) is 94.0 Å². The highest BCUT2D eigenvalue weighted by atomic mass is 35.5. The Morgan fingerprint density at radius 2 is 1.56 bits per heavy atom. The molecule has 0 unspecified atom stereocenters. The Labute approximate surface area is 196 Å². The van der Waals surface area contributed by atoms with Crippen molar-refractivity contribution in [3.63, 3.8) is 0 Å². The van der Waals surface area contributed by atoms with Gasteiger partial charge >= 0.3 is 0 Å². The number of rotatable bonds is 8. The molecule has 166 valence electrons. The highest BCUT2D eigenvalue weighted by molar-refractivity contribution is 7.92. The summed E-state index contributed by atoms with van der Waals surface area (Å²) in [6, 6.07) is 18.7. The van der Waals surface area contributed by atoms with Crippen LogP contribution in [0.2, 0.25) is 10.0 Å². The van der Waals surface area contributed by atoms with Crippen molar-refractivity contribution in [2.75, 3.05) is 10.8 Å². The summed E-state index contributed by atoms with van der Waals surface area (Å²) < 4.78 is 27.7. The summed E-state index contributed by atoms with van der Waals surface area (Å²) in [6.07, 6.45) is 0. The first kappa shape index (κ1) is 23.8. The number of carbonyl (C=O) groups excluding carboxylic acids is 2. The van der Waals surface area contributed by atoms with Crippen LogP contribution in [0.15, 0.2) is 77.7 Å². The minimum Gasteiger partial charge on any atom is -0.350 e. The molecule has 0 radical (unpaired) electrons. The van der Waals surface area contributed by atoms with E-state index < -0.39 is 22.5 Å². The van der Waals surface area contributed by atoms with Gasteiger partial charge < -0.3 is 5.32 Å². The van der Waals surface area contributed by atoms with Gasteiger partial charge in [-0.2, -0.15) is 0 Å². The number of sulfonamides is 1. The van der Waals surface area contributed by atoms with Crippen LogP contribution < -0.4 is 9.62 Å². The fraction of sp³-hybridized carbons (Fsp3) is 0.130. The summed E-state index contributed by atoms with van der Waals surface area (Å²) in [7, 11) is -4.08. The van der Waals surface area contributed by atoms with Crippen molar-refractivity contribution in [2.45, 2.75) is 18.4 Å². The van der Waals surface area contributed by atoms with Crippen LogP contribution in [0.4, 0.5) is 5.69 Å². The molecular formula is C23H20Cl2N2O4S. The molecule has 6 nitrogen and oxygen atoms in total. The maximum absolute atomic E-state index is 13.3. The van der Waals surface area contributed by atoms with Gasteiger partial charge in [0.25, 0.3) is 10.0 Å². The van der Waals surface area contributed by atoms with Gasteiger partial charge in [0, 0.05) is 22.2 Å². The molecule has 0 fully saturated rings. The summed E-state index contributed by atoms with van der Waals surface area (Å²) in [5.41, 5.74) is 1.47. The monoisotopic (exact) mass is 490 g/mol. The van der Waals surface area contributed by atoms with Crippen LogP contribution >= 0.6 is 23.2 Å². The first-order valence-electron chi connectivity index (χ1n) is 9.57. The smallest absolute Gasteiger partial charge is 0.264 e. The third-order valence-electron chi connectivity index (χ3n) is 4.63. The second-order valence-corrected chi connectivity index (χ2v) is 9.71. The third-order valence-corrected chi connectivity index (χ3v) is 6.90. The van der Waals surface area contributed by atoms with Gasteiger partial charge in [-0.1, -0.05) is 35.3 Å². The lowest BCUT2D eigenvalue weighted by atomic mass is 10.1. The molecule has 3 aromatic rings. The van der Waals surface area contributed by atoms with Crippen LogP contribution in [0.1, 0.15) is 22.8 Å². The fourth-order valence-electron chi connectivity index (χ4n) is 2.95. The number of Topliss-reactive ketones (excluding diaryl/α,β-unsaturated/α-hetero) is 1. The lowest BCUT2D eigenvalue weighted by Gasteiger charge is -2.24. The summed E-state index contributed by atoms with van der Waals surface area (Å²) in [6.45, 7) is 1.16. The van der Waals surface area contributed by atoms with Gasteiger partial charge in [-0.25, -0.2) is 8.42 Å². The van der Waals surface area contributed by atoms with Gasteiger partial charge in [0.05, 0.1) is 10.6 Å². The molecule has 9 heteroatoms. The van der Waals surface area contributed by atoms with E-state index in [1.165, 1.54) is 55.5 Å². The molecule has 0 saturated heterocycles. The summed E-state index contributed by atoms with van der Waals surface area (Å²) in [5.74, 6) is -0.652. The Hall–Kier alpha value is -2.87. The average molecular weight is 491 g/mol. The topological polar surface area (TPSA) is 83.6 Å². The SMILES string of the molecule is CC(=O)c1ccc(N(CC(=O)NCc2cccc(Cl)c2)S(=O)(=O)c2ccc(Cl)cc2)cc1. The maximum Gasteiger partial charge on any atom is 0.264 e. The van der Waals surface area contributed by atoms with E-state index in [0.29, 0.717) is 15.6 Å². The highest BCUT2D eigenvalue weighted by Crippen LogP contribution is 2.25. The van der Waals surface area contributed by atoms with E-state index in [-0.39, 0.29) is 22.9 Å². The summed E-state index contributed by atoms with van der Waals surface area (Å²) in [4.78, 5) is 24.2. The van der Waals surface area contributed by atoms with E-state index in [9.17, 15) is 18.0 Å². The molecular weight excluding hydrogens is 471 g/mol. The van der Waals surface area contributed by atoms with Gasteiger partial charge in [-0.3, -0.25) is 13.9 Å². The van der Waals surface area contributed by atoms with Crippen molar-refractivity contribution < 1.29 is 18.0 Å². The van der Waals surface area contributed by atoms with E-state index >= 15 is 0 Å². The summed E-state index contributed by atoms with van der Waals surface area (Å²) >= 11 is 11.9. The molecule has 0 aliphatic rings. The fourth-order valence-corrected chi connectivity index (χ4v) is 4.71. The first-order valence-corrected chi connectivity index (χ1v) is 11.8. The Morgan fingerprint density at radius 1 is 0.906 bits per heavy atom.